The van der Waals surface area contributed by atoms with Gasteiger partial charge in [0.15, 0.2) is 5.78 Å². The lowest BCUT2D eigenvalue weighted by atomic mass is 9.99. The lowest BCUT2D eigenvalue weighted by molar-refractivity contribution is -0.150. The maximum Gasteiger partial charge on any atom is 0.379 e. The number of ketones is 2. The Morgan fingerprint density at radius 1 is 1.25 bits per heavy atom. The minimum Gasteiger partial charge on any atom is -0.501 e. The predicted molar refractivity (Wildman–Crippen MR) is 56.6 cm³/mol. The van der Waals surface area contributed by atoms with Gasteiger partial charge in [-0.1, -0.05) is 13.8 Å². The maximum atomic E-state index is 11.6. The molecule has 0 radical (unpaired) electrons. The van der Waals surface area contributed by atoms with Crippen molar-refractivity contribution in [2.45, 2.75) is 20.8 Å². The van der Waals surface area contributed by atoms with E-state index in [0.717, 1.165) is 13.4 Å². The average Bonchev–Trinajstić information content (AvgIpc) is 2.27. The Bertz CT molecular complexity index is 314. The third-order valence-corrected chi connectivity index (χ3v) is 1.77. The Morgan fingerprint density at radius 2 is 1.81 bits per heavy atom. The zero-order chi connectivity index (χ0) is 12.7. The summed E-state index contributed by atoms with van der Waals surface area (Å²) >= 11 is 0. The van der Waals surface area contributed by atoms with E-state index in [4.69, 9.17) is 4.74 Å². The molecule has 0 N–H and O–H groups in total. The Hall–Kier alpha value is -1.65. The molecular weight excluding hydrogens is 212 g/mol. The standard InChI is InChI=1S/C11H16O5/c1-5-16-6-8(9(12)7(2)3)10(13)11(14)15-4/h6-7H,5H2,1-4H3/b8-6-. The van der Waals surface area contributed by atoms with Crippen LogP contribution in [0.5, 0.6) is 0 Å². The summed E-state index contributed by atoms with van der Waals surface area (Å²) in [5, 5.41) is 0. The molecule has 0 bridgehead atoms. The first kappa shape index (κ1) is 14.3. The first-order chi connectivity index (χ1) is 7.45. The summed E-state index contributed by atoms with van der Waals surface area (Å²) in [6.07, 6.45) is 1.02. The summed E-state index contributed by atoms with van der Waals surface area (Å²) in [4.78, 5) is 34.1. The second-order valence-electron chi connectivity index (χ2n) is 3.33. The van der Waals surface area contributed by atoms with Crippen molar-refractivity contribution in [1.29, 1.82) is 0 Å². The van der Waals surface area contributed by atoms with Gasteiger partial charge in [0, 0.05) is 5.92 Å². The van der Waals surface area contributed by atoms with E-state index in [2.05, 4.69) is 4.74 Å². The number of esters is 1. The number of hydrogen-bond donors (Lipinski definition) is 0. The van der Waals surface area contributed by atoms with E-state index in [1.165, 1.54) is 0 Å². The first-order valence-electron chi connectivity index (χ1n) is 4.94. The summed E-state index contributed by atoms with van der Waals surface area (Å²) < 4.78 is 9.14. The van der Waals surface area contributed by atoms with Crippen molar-refractivity contribution in [3.05, 3.63) is 11.8 Å². The van der Waals surface area contributed by atoms with Crippen molar-refractivity contribution < 1.29 is 23.9 Å². The molecule has 0 spiro atoms. The fraction of sp³-hybridized carbons (Fsp3) is 0.545. The molecule has 16 heavy (non-hydrogen) atoms. The van der Waals surface area contributed by atoms with Gasteiger partial charge in [0.2, 0.25) is 0 Å². The number of hydrogen-bond acceptors (Lipinski definition) is 5. The average molecular weight is 228 g/mol. The molecule has 0 aromatic rings. The Labute approximate surface area is 94.4 Å². The molecule has 0 saturated heterocycles. The third kappa shape index (κ3) is 3.84. The highest BCUT2D eigenvalue weighted by Gasteiger charge is 2.27. The number of rotatable bonds is 6. The molecule has 0 aliphatic rings. The fourth-order valence-electron chi connectivity index (χ4n) is 0.904. The van der Waals surface area contributed by atoms with Crippen LogP contribution in [0.3, 0.4) is 0 Å². The number of ether oxygens (including phenoxy) is 2. The van der Waals surface area contributed by atoms with Crippen LogP contribution in [0.25, 0.3) is 0 Å². The third-order valence-electron chi connectivity index (χ3n) is 1.77. The van der Waals surface area contributed by atoms with E-state index in [1.807, 2.05) is 0 Å². The molecule has 0 rings (SSSR count). The number of carbonyl (C=O) groups is 3. The van der Waals surface area contributed by atoms with E-state index in [-0.39, 0.29) is 11.5 Å². The van der Waals surface area contributed by atoms with Gasteiger partial charge in [-0.2, -0.15) is 0 Å². The van der Waals surface area contributed by atoms with E-state index >= 15 is 0 Å². The number of Topliss-reactive ketones (excluding diaryl/α,β-unsaturated/α-hetero) is 2. The molecule has 5 heteroatoms. The number of carbonyl (C=O) groups excluding carboxylic acids is 3. The van der Waals surface area contributed by atoms with E-state index in [1.54, 1.807) is 20.8 Å². The zero-order valence-corrected chi connectivity index (χ0v) is 9.90. The molecule has 90 valence electrons. The molecule has 0 aliphatic carbocycles. The molecule has 0 aromatic heterocycles. The van der Waals surface area contributed by atoms with Gasteiger partial charge < -0.3 is 9.47 Å². The molecule has 0 amide bonds. The van der Waals surface area contributed by atoms with Gasteiger partial charge in [-0.3, -0.25) is 9.59 Å². The smallest absolute Gasteiger partial charge is 0.379 e. The molecule has 0 aromatic carbocycles. The second kappa shape index (κ2) is 6.76. The van der Waals surface area contributed by atoms with Crippen molar-refractivity contribution >= 4 is 17.5 Å². The van der Waals surface area contributed by atoms with Crippen LogP contribution in [0.4, 0.5) is 0 Å². The molecule has 0 heterocycles. The van der Waals surface area contributed by atoms with Crippen LogP contribution in [-0.2, 0) is 23.9 Å². The monoisotopic (exact) mass is 228 g/mol. The van der Waals surface area contributed by atoms with Crippen LogP contribution in [0.15, 0.2) is 11.8 Å². The van der Waals surface area contributed by atoms with Gasteiger partial charge in [-0.15, -0.1) is 0 Å². The summed E-state index contributed by atoms with van der Waals surface area (Å²) in [7, 11) is 1.08. The highest BCUT2D eigenvalue weighted by Crippen LogP contribution is 2.08. The summed E-state index contributed by atoms with van der Waals surface area (Å²) in [6.45, 7) is 5.28. The SMILES string of the molecule is CCO/C=C(\C(=O)C(=O)OC)C(=O)C(C)C. The summed E-state index contributed by atoms with van der Waals surface area (Å²) in [6, 6.07) is 0. The van der Waals surface area contributed by atoms with E-state index in [9.17, 15) is 14.4 Å². The van der Waals surface area contributed by atoms with Gasteiger partial charge in [0.05, 0.1) is 20.0 Å². The topological polar surface area (TPSA) is 69.7 Å². The van der Waals surface area contributed by atoms with Gasteiger partial charge in [0.1, 0.15) is 5.57 Å². The highest BCUT2D eigenvalue weighted by molar-refractivity contribution is 6.47. The lowest BCUT2D eigenvalue weighted by Gasteiger charge is -2.07. The molecular formula is C11H16O5. The largest absolute Gasteiger partial charge is 0.501 e. The quantitative estimate of drug-likeness (QED) is 0.168. The Balaban J connectivity index is 5.03. The molecule has 0 fully saturated rings. The van der Waals surface area contributed by atoms with Crippen molar-refractivity contribution in [3.8, 4) is 0 Å². The van der Waals surface area contributed by atoms with Crippen LogP contribution < -0.4 is 0 Å². The van der Waals surface area contributed by atoms with E-state index in [0.29, 0.717) is 6.61 Å². The molecule has 0 saturated carbocycles. The van der Waals surface area contributed by atoms with Gasteiger partial charge in [-0.25, -0.2) is 4.79 Å². The Kier molecular flexibility index (Phi) is 6.07. The van der Waals surface area contributed by atoms with Crippen molar-refractivity contribution in [1.82, 2.24) is 0 Å². The zero-order valence-electron chi connectivity index (χ0n) is 9.90. The maximum absolute atomic E-state index is 11.6. The van der Waals surface area contributed by atoms with Crippen molar-refractivity contribution in [2.24, 2.45) is 5.92 Å². The first-order valence-corrected chi connectivity index (χ1v) is 4.94. The minimum absolute atomic E-state index is 0.274. The Morgan fingerprint density at radius 3 is 2.19 bits per heavy atom. The lowest BCUT2D eigenvalue weighted by Crippen LogP contribution is -2.25. The second-order valence-corrected chi connectivity index (χ2v) is 3.33. The van der Waals surface area contributed by atoms with Gasteiger partial charge in [-0.05, 0) is 6.92 Å². The molecule has 5 nitrogen and oxygen atoms in total. The van der Waals surface area contributed by atoms with Crippen LogP contribution in [-0.4, -0.2) is 31.3 Å². The van der Waals surface area contributed by atoms with Gasteiger partial charge in [0.25, 0.3) is 5.78 Å². The van der Waals surface area contributed by atoms with E-state index < -0.39 is 17.5 Å². The normalized spacial score (nSPS) is 11.2. The fourth-order valence-corrected chi connectivity index (χ4v) is 0.904. The van der Waals surface area contributed by atoms with Crippen LogP contribution in [0, 0.1) is 5.92 Å². The van der Waals surface area contributed by atoms with Gasteiger partial charge >= 0.3 is 5.97 Å². The highest BCUT2D eigenvalue weighted by atomic mass is 16.5. The van der Waals surface area contributed by atoms with Crippen LogP contribution in [0.2, 0.25) is 0 Å². The summed E-state index contributed by atoms with van der Waals surface area (Å²) in [5.74, 6) is -2.88. The minimum atomic E-state index is -1.07. The van der Waals surface area contributed by atoms with Crippen molar-refractivity contribution in [3.63, 3.8) is 0 Å². The molecule has 0 aliphatic heterocycles. The summed E-state index contributed by atoms with van der Waals surface area (Å²) in [5.41, 5.74) is -0.274. The molecule has 0 unspecified atom stereocenters. The molecule has 0 atom stereocenters. The van der Waals surface area contributed by atoms with Crippen molar-refractivity contribution in [2.75, 3.05) is 13.7 Å². The van der Waals surface area contributed by atoms with Crippen LogP contribution in [0.1, 0.15) is 20.8 Å². The number of methoxy groups -OCH3 is 1. The van der Waals surface area contributed by atoms with Crippen LogP contribution >= 0.6 is 0 Å². The predicted octanol–water partition coefficient (Wildman–Crippen LogP) is 0.874.